The summed E-state index contributed by atoms with van der Waals surface area (Å²) in [7, 11) is 2.05. The van der Waals surface area contributed by atoms with Gasteiger partial charge in [-0.3, -0.25) is 4.90 Å². The van der Waals surface area contributed by atoms with Gasteiger partial charge >= 0.3 is 0 Å². The van der Waals surface area contributed by atoms with Crippen molar-refractivity contribution >= 4 is 0 Å². The van der Waals surface area contributed by atoms with E-state index in [2.05, 4.69) is 57.8 Å². The normalized spacial score (nSPS) is 13.1. The lowest BCUT2D eigenvalue weighted by molar-refractivity contribution is 0.0424. The number of nitrogens with zero attached hydrogens (tertiary/aromatic N) is 1. The van der Waals surface area contributed by atoms with E-state index in [1.165, 1.54) is 16.7 Å². The molecule has 0 fully saturated rings. The minimum atomic E-state index is -0.645. The van der Waals surface area contributed by atoms with Crippen molar-refractivity contribution in [2.45, 2.75) is 59.1 Å². The zero-order chi connectivity index (χ0) is 14.8. The highest BCUT2D eigenvalue weighted by atomic mass is 16.3. The van der Waals surface area contributed by atoms with Crippen LogP contribution in [0.15, 0.2) is 18.2 Å². The maximum absolute atomic E-state index is 9.84. The quantitative estimate of drug-likeness (QED) is 0.899. The minimum absolute atomic E-state index is 0.197. The van der Waals surface area contributed by atoms with Gasteiger partial charge in [-0.1, -0.05) is 39.0 Å². The summed E-state index contributed by atoms with van der Waals surface area (Å²) in [6, 6.07) is 6.73. The van der Waals surface area contributed by atoms with Crippen molar-refractivity contribution in [1.82, 2.24) is 4.90 Å². The van der Waals surface area contributed by atoms with Crippen LogP contribution in [0.2, 0.25) is 0 Å². The maximum Gasteiger partial charge on any atom is 0.0718 e. The Morgan fingerprint density at radius 3 is 2.11 bits per heavy atom. The molecule has 0 bridgehead atoms. The predicted octanol–water partition coefficient (Wildman–Crippen LogP) is 3.50. The summed E-state index contributed by atoms with van der Waals surface area (Å²) in [5.41, 5.74) is 3.59. The summed E-state index contributed by atoms with van der Waals surface area (Å²) in [6.45, 7) is 14.1. The molecule has 0 saturated carbocycles. The Morgan fingerprint density at radius 1 is 1.11 bits per heavy atom. The molecule has 0 radical (unpaired) electrons. The lowest BCUT2D eigenvalue weighted by Crippen LogP contribution is -2.35. The number of aliphatic hydroxyl groups is 1. The Kier molecular flexibility index (Phi) is 4.81. The molecule has 0 saturated heterocycles. The van der Waals surface area contributed by atoms with E-state index in [4.69, 9.17) is 0 Å². The van der Waals surface area contributed by atoms with Gasteiger partial charge in [-0.05, 0) is 49.9 Å². The van der Waals surface area contributed by atoms with Gasteiger partial charge in [0.2, 0.25) is 0 Å². The van der Waals surface area contributed by atoms with Crippen LogP contribution >= 0.6 is 0 Å². The van der Waals surface area contributed by atoms with Crippen LogP contribution in [0.3, 0.4) is 0 Å². The molecule has 0 spiro atoms. The van der Waals surface area contributed by atoms with Crippen molar-refractivity contribution in [3.05, 3.63) is 34.9 Å². The second-order valence-electron chi connectivity index (χ2n) is 7.38. The van der Waals surface area contributed by atoms with Crippen molar-refractivity contribution in [1.29, 1.82) is 0 Å². The van der Waals surface area contributed by atoms with E-state index in [1.807, 2.05) is 13.8 Å². The fourth-order valence-electron chi connectivity index (χ4n) is 2.35. The lowest BCUT2D eigenvalue weighted by Gasteiger charge is -2.26. The second-order valence-corrected chi connectivity index (χ2v) is 7.38. The van der Waals surface area contributed by atoms with Gasteiger partial charge in [0.05, 0.1) is 5.60 Å². The molecule has 1 rings (SSSR count). The van der Waals surface area contributed by atoms with Gasteiger partial charge in [-0.15, -0.1) is 0 Å². The first-order valence-corrected chi connectivity index (χ1v) is 7.00. The molecular formula is C17H29NO. The fourth-order valence-corrected chi connectivity index (χ4v) is 2.35. The van der Waals surface area contributed by atoms with Gasteiger partial charge in [0.1, 0.15) is 0 Å². The van der Waals surface area contributed by atoms with Crippen LogP contribution in [-0.4, -0.2) is 29.2 Å². The van der Waals surface area contributed by atoms with Gasteiger partial charge in [0.15, 0.2) is 0 Å². The minimum Gasteiger partial charge on any atom is -0.389 e. The molecule has 19 heavy (non-hydrogen) atoms. The topological polar surface area (TPSA) is 23.5 Å². The van der Waals surface area contributed by atoms with Crippen LogP contribution in [0, 0.1) is 6.92 Å². The van der Waals surface area contributed by atoms with Crippen LogP contribution in [0.1, 0.15) is 51.3 Å². The molecule has 0 heterocycles. The molecule has 0 aliphatic rings. The Hall–Kier alpha value is -0.860. The molecule has 1 aromatic rings. The van der Waals surface area contributed by atoms with Crippen molar-refractivity contribution in [2.75, 3.05) is 13.6 Å². The first kappa shape index (κ1) is 16.2. The van der Waals surface area contributed by atoms with Gasteiger partial charge in [0, 0.05) is 13.1 Å². The average Bonchev–Trinajstić information content (AvgIpc) is 2.16. The molecule has 1 aromatic carbocycles. The lowest BCUT2D eigenvalue weighted by atomic mass is 9.85. The van der Waals surface area contributed by atoms with Gasteiger partial charge in [-0.2, -0.15) is 0 Å². The highest BCUT2D eigenvalue weighted by molar-refractivity contribution is 5.34. The summed E-state index contributed by atoms with van der Waals surface area (Å²) < 4.78 is 0. The SMILES string of the molecule is Cc1cc(C(C)(C)C)ccc1CN(C)CC(C)(C)O. The number of rotatable bonds is 4. The van der Waals surface area contributed by atoms with E-state index in [1.54, 1.807) is 0 Å². The molecule has 0 unspecified atom stereocenters. The average molecular weight is 263 g/mol. The Morgan fingerprint density at radius 2 is 1.68 bits per heavy atom. The molecule has 1 N–H and O–H groups in total. The summed E-state index contributed by atoms with van der Waals surface area (Å²) in [6.07, 6.45) is 0. The van der Waals surface area contributed by atoms with Crippen molar-refractivity contribution in [3.63, 3.8) is 0 Å². The second kappa shape index (κ2) is 5.64. The first-order chi connectivity index (χ1) is 8.49. The van der Waals surface area contributed by atoms with E-state index in [0.29, 0.717) is 6.54 Å². The van der Waals surface area contributed by atoms with Crippen LogP contribution in [-0.2, 0) is 12.0 Å². The van der Waals surface area contributed by atoms with E-state index in [-0.39, 0.29) is 5.41 Å². The third-order valence-electron chi connectivity index (χ3n) is 3.31. The molecule has 2 nitrogen and oxygen atoms in total. The number of benzene rings is 1. The molecule has 108 valence electrons. The van der Waals surface area contributed by atoms with Gasteiger partial charge in [0.25, 0.3) is 0 Å². The Bertz CT molecular complexity index is 424. The molecule has 0 aliphatic heterocycles. The van der Waals surface area contributed by atoms with Crippen LogP contribution in [0.25, 0.3) is 0 Å². The number of likely N-dealkylation sites (N-methyl/N-ethyl adjacent to an activating group) is 1. The number of hydrogen-bond donors (Lipinski definition) is 1. The van der Waals surface area contributed by atoms with Crippen molar-refractivity contribution in [2.24, 2.45) is 0 Å². The molecule has 0 amide bonds. The van der Waals surface area contributed by atoms with Crippen LogP contribution < -0.4 is 0 Å². The number of hydrogen-bond acceptors (Lipinski definition) is 2. The Balaban J connectivity index is 2.81. The zero-order valence-electron chi connectivity index (χ0n) is 13.5. The van der Waals surface area contributed by atoms with Gasteiger partial charge in [-0.25, -0.2) is 0 Å². The largest absolute Gasteiger partial charge is 0.389 e. The zero-order valence-corrected chi connectivity index (χ0v) is 13.5. The van der Waals surface area contributed by atoms with Crippen LogP contribution in [0.4, 0.5) is 0 Å². The van der Waals surface area contributed by atoms with E-state index < -0.39 is 5.60 Å². The summed E-state index contributed by atoms with van der Waals surface area (Å²) in [5, 5.41) is 9.84. The predicted molar refractivity (Wildman–Crippen MR) is 82.5 cm³/mol. The van der Waals surface area contributed by atoms with Gasteiger partial charge < -0.3 is 5.11 Å². The van der Waals surface area contributed by atoms with E-state index in [0.717, 1.165) is 6.54 Å². The summed E-state index contributed by atoms with van der Waals surface area (Å²) in [5.74, 6) is 0. The molecular weight excluding hydrogens is 234 g/mol. The summed E-state index contributed by atoms with van der Waals surface area (Å²) >= 11 is 0. The third kappa shape index (κ3) is 5.33. The first-order valence-electron chi connectivity index (χ1n) is 7.00. The maximum atomic E-state index is 9.84. The molecule has 0 atom stereocenters. The summed E-state index contributed by atoms with van der Waals surface area (Å²) in [4.78, 5) is 2.17. The molecule has 2 heteroatoms. The van der Waals surface area contributed by atoms with Crippen LogP contribution in [0.5, 0.6) is 0 Å². The molecule has 0 aromatic heterocycles. The standard InChI is InChI=1S/C17H29NO/c1-13-10-15(16(2,3)4)9-8-14(13)11-18(7)12-17(5,6)19/h8-10,19H,11-12H2,1-7H3. The highest BCUT2D eigenvalue weighted by Crippen LogP contribution is 2.24. The molecule has 0 aliphatic carbocycles. The Labute approximate surface area is 118 Å². The monoisotopic (exact) mass is 263 g/mol. The van der Waals surface area contributed by atoms with E-state index >= 15 is 0 Å². The third-order valence-corrected chi connectivity index (χ3v) is 3.31. The smallest absolute Gasteiger partial charge is 0.0718 e. The van der Waals surface area contributed by atoms with Crippen molar-refractivity contribution in [3.8, 4) is 0 Å². The highest BCUT2D eigenvalue weighted by Gasteiger charge is 2.17. The fraction of sp³-hybridized carbons (Fsp3) is 0.647. The number of aryl methyl sites for hydroxylation is 1. The van der Waals surface area contributed by atoms with E-state index in [9.17, 15) is 5.11 Å². The van der Waals surface area contributed by atoms with Crippen molar-refractivity contribution < 1.29 is 5.11 Å².